The van der Waals surface area contributed by atoms with Crippen LogP contribution in [0, 0.1) is 6.92 Å². The van der Waals surface area contributed by atoms with E-state index < -0.39 is 5.91 Å². The van der Waals surface area contributed by atoms with Crippen molar-refractivity contribution in [3.05, 3.63) is 23.4 Å². The van der Waals surface area contributed by atoms with Gasteiger partial charge in [-0.25, -0.2) is 10.8 Å². The average Bonchev–Trinajstić information content (AvgIpc) is 2.27. The molecule has 0 atom stereocenters. The Kier molecular flexibility index (Phi) is 4.41. The summed E-state index contributed by atoms with van der Waals surface area (Å²) in [4.78, 5) is 26.2. The maximum Gasteiger partial charge on any atom is 0.251 e. The number of amides is 2. The van der Waals surface area contributed by atoms with Crippen LogP contribution in [-0.4, -0.2) is 23.3 Å². The first-order valence-electron chi connectivity index (χ1n) is 5.04. The maximum absolute atomic E-state index is 11.7. The second kappa shape index (κ2) is 5.80. The lowest BCUT2D eigenvalue weighted by molar-refractivity contribution is -0.117. The van der Waals surface area contributed by atoms with Crippen LogP contribution in [0.3, 0.4) is 0 Å². The fraction of sp³-hybridized carbons (Fsp3) is 0.300. The molecule has 0 fully saturated rings. The number of hydrogen-bond acceptors (Lipinski definition) is 5. The van der Waals surface area contributed by atoms with Crippen molar-refractivity contribution in [2.24, 2.45) is 11.6 Å². The van der Waals surface area contributed by atoms with Gasteiger partial charge in [0.15, 0.2) is 0 Å². The van der Waals surface area contributed by atoms with Gasteiger partial charge in [0, 0.05) is 24.2 Å². The molecule has 17 heavy (non-hydrogen) atoms. The van der Waals surface area contributed by atoms with Gasteiger partial charge < -0.3 is 16.5 Å². The molecule has 1 aromatic rings. The van der Waals surface area contributed by atoms with Gasteiger partial charge in [0.1, 0.15) is 5.82 Å². The van der Waals surface area contributed by atoms with Gasteiger partial charge in [0.25, 0.3) is 5.91 Å². The highest BCUT2D eigenvalue weighted by Gasteiger charge is 2.08. The molecule has 0 aliphatic heterocycles. The summed E-state index contributed by atoms with van der Waals surface area (Å²) in [7, 11) is 0. The summed E-state index contributed by atoms with van der Waals surface area (Å²) < 4.78 is 0. The SMILES string of the molecule is Cc1cc(C(=O)NCCC(N)=O)cc(NN)n1. The second-order valence-corrected chi connectivity index (χ2v) is 3.50. The number of carbonyl (C=O) groups excluding carboxylic acids is 2. The van der Waals surface area contributed by atoms with Crippen molar-refractivity contribution in [1.29, 1.82) is 0 Å². The molecular formula is C10H15N5O2. The Morgan fingerprint density at radius 1 is 1.41 bits per heavy atom. The van der Waals surface area contributed by atoms with Crippen molar-refractivity contribution in [1.82, 2.24) is 10.3 Å². The number of pyridine rings is 1. The van der Waals surface area contributed by atoms with Gasteiger partial charge in [-0.3, -0.25) is 9.59 Å². The minimum atomic E-state index is -0.458. The third-order valence-electron chi connectivity index (χ3n) is 2.02. The maximum atomic E-state index is 11.7. The van der Waals surface area contributed by atoms with Crippen molar-refractivity contribution in [2.75, 3.05) is 12.0 Å². The molecule has 0 aliphatic carbocycles. The van der Waals surface area contributed by atoms with Crippen LogP contribution in [0.4, 0.5) is 5.82 Å². The van der Waals surface area contributed by atoms with Gasteiger partial charge in [0.2, 0.25) is 5.91 Å². The van der Waals surface area contributed by atoms with E-state index >= 15 is 0 Å². The zero-order chi connectivity index (χ0) is 12.8. The summed E-state index contributed by atoms with van der Waals surface area (Å²) in [5.41, 5.74) is 8.43. The molecule has 0 unspecified atom stereocenters. The lowest BCUT2D eigenvalue weighted by Gasteiger charge is -2.06. The molecule has 1 rings (SSSR count). The van der Waals surface area contributed by atoms with Crippen LogP contribution in [0.1, 0.15) is 22.5 Å². The van der Waals surface area contributed by atoms with Crippen LogP contribution in [0.15, 0.2) is 12.1 Å². The Hall–Kier alpha value is -2.15. The zero-order valence-corrected chi connectivity index (χ0v) is 9.49. The predicted molar refractivity (Wildman–Crippen MR) is 62.9 cm³/mol. The van der Waals surface area contributed by atoms with Crippen LogP contribution in [0.25, 0.3) is 0 Å². The number of aryl methyl sites for hydroxylation is 1. The van der Waals surface area contributed by atoms with E-state index in [0.717, 1.165) is 0 Å². The molecule has 0 bridgehead atoms. The van der Waals surface area contributed by atoms with Gasteiger partial charge in [0.05, 0.1) is 0 Å². The van der Waals surface area contributed by atoms with Gasteiger partial charge in [-0.2, -0.15) is 0 Å². The number of nitrogens with two attached hydrogens (primary N) is 2. The Labute approximate surface area is 98.5 Å². The van der Waals surface area contributed by atoms with E-state index in [4.69, 9.17) is 11.6 Å². The number of hydrogen-bond donors (Lipinski definition) is 4. The lowest BCUT2D eigenvalue weighted by atomic mass is 10.2. The summed E-state index contributed by atoms with van der Waals surface area (Å²) in [6.07, 6.45) is 0.109. The van der Waals surface area contributed by atoms with Gasteiger partial charge in [-0.1, -0.05) is 0 Å². The van der Waals surface area contributed by atoms with Crippen LogP contribution in [0.2, 0.25) is 0 Å². The van der Waals surface area contributed by atoms with Crippen LogP contribution in [-0.2, 0) is 4.79 Å². The van der Waals surface area contributed by atoms with Crippen molar-refractivity contribution in [2.45, 2.75) is 13.3 Å². The highest BCUT2D eigenvalue weighted by molar-refractivity contribution is 5.95. The van der Waals surface area contributed by atoms with Crippen molar-refractivity contribution < 1.29 is 9.59 Å². The molecule has 0 aromatic carbocycles. The smallest absolute Gasteiger partial charge is 0.251 e. The third kappa shape index (κ3) is 4.07. The Morgan fingerprint density at radius 3 is 2.71 bits per heavy atom. The molecule has 7 nitrogen and oxygen atoms in total. The summed E-state index contributed by atoms with van der Waals surface area (Å²) >= 11 is 0. The molecule has 7 heteroatoms. The van der Waals surface area contributed by atoms with E-state index in [0.29, 0.717) is 17.1 Å². The zero-order valence-electron chi connectivity index (χ0n) is 9.49. The molecule has 0 aliphatic rings. The highest BCUT2D eigenvalue weighted by atomic mass is 16.2. The molecule has 1 aromatic heterocycles. The Morgan fingerprint density at radius 2 is 2.12 bits per heavy atom. The van der Waals surface area contributed by atoms with E-state index in [2.05, 4.69) is 15.7 Å². The van der Waals surface area contributed by atoms with E-state index in [-0.39, 0.29) is 18.9 Å². The first-order valence-corrected chi connectivity index (χ1v) is 5.04. The fourth-order valence-corrected chi connectivity index (χ4v) is 1.27. The fourth-order valence-electron chi connectivity index (χ4n) is 1.27. The third-order valence-corrected chi connectivity index (χ3v) is 2.02. The van der Waals surface area contributed by atoms with Crippen molar-refractivity contribution in [3.8, 4) is 0 Å². The molecule has 0 saturated carbocycles. The van der Waals surface area contributed by atoms with Gasteiger partial charge in [-0.15, -0.1) is 0 Å². The van der Waals surface area contributed by atoms with Crippen LogP contribution < -0.4 is 22.3 Å². The number of nitrogens with zero attached hydrogens (tertiary/aromatic N) is 1. The molecule has 0 saturated heterocycles. The van der Waals surface area contributed by atoms with E-state index in [1.165, 1.54) is 6.07 Å². The molecule has 0 radical (unpaired) electrons. The number of rotatable bonds is 5. The lowest BCUT2D eigenvalue weighted by Crippen LogP contribution is -2.28. The topological polar surface area (TPSA) is 123 Å². The summed E-state index contributed by atoms with van der Waals surface area (Å²) in [5, 5.41) is 2.57. The van der Waals surface area contributed by atoms with Crippen molar-refractivity contribution >= 4 is 17.6 Å². The predicted octanol–water partition coefficient (Wildman–Crippen LogP) is -0.719. The number of nitrogen functional groups attached to an aromatic ring is 1. The second-order valence-electron chi connectivity index (χ2n) is 3.50. The molecule has 1 heterocycles. The molecular weight excluding hydrogens is 222 g/mol. The standard InChI is InChI=1S/C10H15N5O2/c1-6-4-7(5-9(14-6)15-12)10(17)13-3-2-8(11)16/h4-5H,2-3,12H2,1H3,(H2,11,16)(H,13,17)(H,14,15). The van der Waals surface area contributed by atoms with Crippen molar-refractivity contribution in [3.63, 3.8) is 0 Å². The molecule has 6 N–H and O–H groups in total. The number of hydrazine groups is 1. The van der Waals surface area contributed by atoms with E-state index in [1.54, 1.807) is 13.0 Å². The normalized spacial score (nSPS) is 9.76. The molecule has 0 spiro atoms. The minimum absolute atomic E-state index is 0.109. The van der Waals surface area contributed by atoms with E-state index in [1.807, 2.05) is 0 Å². The number of anilines is 1. The molecule has 2 amide bonds. The summed E-state index contributed by atoms with van der Waals surface area (Å²) in [6, 6.07) is 3.15. The number of aromatic nitrogens is 1. The summed E-state index contributed by atoms with van der Waals surface area (Å²) in [6.45, 7) is 1.96. The average molecular weight is 237 g/mol. The van der Waals surface area contributed by atoms with E-state index in [9.17, 15) is 9.59 Å². The quantitative estimate of drug-likeness (QED) is 0.397. The Bertz CT molecular complexity index is 433. The first-order chi connectivity index (χ1) is 8.02. The van der Waals surface area contributed by atoms with Gasteiger partial charge in [-0.05, 0) is 19.1 Å². The largest absolute Gasteiger partial charge is 0.370 e. The Balaban J connectivity index is 2.68. The monoisotopic (exact) mass is 237 g/mol. The number of primary amides is 1. The summed E-state index contributed by atoms with van der Waals surface area (Å²) in [5.74, 6) is 4.87. The molecule has 92 valence electrons. The minimum Gasteiger partial charge on any atom is -0.370 e. The number of nitrogens with one attached hydrogen (secondary N) is 2. The highest BCUT2D eigenvalue weighted by Crippen LogP contribution is 2.08. The number of carbonyl (C=O) groups is 2. The van der Waals surface area contributed by atoms with Gasteiger partial charge >= 0.3 is 0 Å². The van der Waals surface area contributed by atoms with Crippen LogP contribution >= 0.6 is 0 Å². The first kappa shape index (κ1) is 12.9. The van der Waals surface area contributed by atoms with Crippen LogP contribution in [0.5, 0.6) is 0 Å².